The lowest BCUT2D eigenvalue weighted by Crippen LogP contribution is -2.51. The highest BCUT2D eigenvalue weighted by molar-refractivity contribution is 6.38. The van der Waals surface area contributed by atoms with Gasteiger partial charge in [-0.2, -0.15) is 15.1 Å². The fourth-order valence-electron chi connectivity index (χ4n) is 6.36. The first-order valence-corrected chi connectivity index (χ1v) is 14.3. The second-order valence-electron chi connectivity index (χ2n) is 11.7. The lowest BCUT2D eigenvalue weighted by atomic mass is 9.99. The maximum Gasteiger partial charge on any atom is 0.319 e. The summed E-state index contributed by atoms with van der Waals surface area (Å²) in [5.74, 6) is -0.830. The molecule has 40 heavy (non-hydrogen) atoms. The van der Waals surface area contributed by atoms with Crippen LogP contribution in [0.1, 0.15) is 25.7 Å². The zero-order valence-electron chi connectivity index (χ0n) is 22.2. The van der Waals surface area contributed by atoms with Crippen molar-refractivity contribution in [3.63, 3.8) is 0 Å². The normalized spacial score (nSPS) is 21.6. The summed E-state index contributed by atoms with van der Waals surface area (Å²) < 4.78 is 37.6. The van der Waals surface area contributed by atoms with Gasteiger partial charge in [-0.15, -0.1) is 0 Å². The van der Waals surface area contributed by atoms with E-state index in [2.05, 4.69) is 30.3 Å². The molecule has 210 valence electrons. The molecule has 1 saturated carbocycles. The Labute approximate surface area is 240 Å². The average Bonchev–Trinajstić information content (AvgIpc) is 3.36. The van der Waals surface area contributed by atoms with Gasteiger partial charge in [0.1, 0.15) is 17.2 Å². The smallest absolute Gasteiger partial charge is 0.319 e. The van der Waals surface area contributed by atoms with Crippen LogP contribution in [0.5, 0.6) is 6.01 Å². The van der Waals surface area contributed by atoms with Crippen LogP contribution in [0.15, 0.2) is 18.3 Å². The SMILES string of the molecule is CN(C)CC1(COc2nc(N3CC4CCC(C3)N4)c3cc(Cl)c(-c4c(Cl)c(F)cc5[nH]ncc45)c(F)c3n2)CC1. The van der Waals surface area contributed by atoms with Gasteiger partial charge in [0.25, 0.3) is 0 Å². The molecular formula is C28H29Cl2F2N7O. The van der Waals surface area contributed by atoms with Gasteiger partial charge in [0.15, 0.2) is 5.82 Å². The molecule has 2 aromatic carbocycles. The van der Waals surface area contributed by atoms with E-state index in [-0.39, 0.29) is 38.1 Å². The molecule has 7 rings (SSSR count). The Morgan fingerprint density at radius 3 is 2.52 bits per heavy atom. The maximum absolute atomic E-state index is 16.6. The number of anilines is 1. The minimum absolute atomic E-state index is 0.0349. The van der Waals surface area contributed by atoms with E-state index in [1.807, 2.05) is 14.1 Å². The van der Waals surface area contributed by atoms with E-state index in [4.69, 9.17) is 32.9 Å². The Hall–Kier alpha value is -2.79. The summed E-state index contributed by atoms with van der Waals surface area (Å²) in [6.07, 6.45) is 5.75. The predicted octanol–water partition coefficient (Wildman–Crippen LogP) is 5.42. The monoisotopic (exact) mass is 587 g/mol. The van der Waals surface area contributed by atoms with Gasteiger partial charge in [0, 0.05) is 65.1 Å². The zero-order valence-corrected chi connectivity index (χ0v) is 23.7. The van der Waals surface area contributed by atoms with E-state index < -0.39 is 11.6 Å². The van der Waals surface area contributed by atoms with Crippen LogP contribution < -0.4 is 15.0 Å². The lowest BCUT2D eigenvalue weighted by molar-refractivity contribution is 0.183. The Balaban J connectivity index is 1.39. The number of H-pyrrole nitrogens is 1. The van der Waals surface area contributed by atoms with E-state index in [1.165, 1.54) is 12.3 Å². The number of fused-ring (bicyclic) bond motifs is 4. The molecular weight excluding hydrogens is 559 g/mol. The number of benzene rings is 2. The number of halogens is 4. The molecule has 3 fully saturated rings. The lowest BCUT2D eigenvalue weighted by Gasteiger charge is -2.34. The van der Waals surface area contributed by atoms with Crippen LogP contribution in [-0.4, -0.2) is 77.5 Å². The zero-order chi connectivity index (χ0) is 27.8. The molecule has 2 N–H and O–H groups in total. The summed E-state index contributed by atoms with van der Waals surface area (Å²) in [6, 6.07) is 3.67. The van der Waals surface area contributed by atoms with Crippen molar-refractivity contribution < 1.29 is 13.5 Å². The van der Waals surface area contributed by atoms with Crippen molar-refractivity contribution in [2.75, 3.05) is 45.2 Å². The number of nitrogens with zero attached hydrogens (tertiary/aromatic N) is 5. The molecule has 0 radical (unpaired) electrons. The van der Waals surface area contributed by atoms with Crippen molar-refractivity contribution in [2.45, 2.75) is 37.8 Å². The molecule has 2 bridgehead atoms. The molecule has 8 nitrogen and oxygen atoms in total. The molecule has 0 amide bonds. The van der Waals surface area contributed by atoms with Crippen LogP contribution in [0.2, 0.25) is 10.0 Å². The molecule has 12 heteroatoms. The first kappa shape index (κ1) is 26.1. The van der Waals surface area contributed by atoms with Gasteiger partial charge >= 0.3 is 6.01 Å². The van der Waals surface area contributed by atoms with Gasteiger partial charge < -0.3 is 19.9 Å². The van der Waals surface area contributed by atoms with E-state index in [9.17, 15) is 4.39 Å². The summed E-state index contributed by atoms with van der Waals surface area (Å²) in [4.78, 5) is 13.7. The number of nitrogens with one attached hydrogen (secondary N) is 2. The summed E-state index contributed by atoms with van der Waals surface area (Å²) in [7, 11) is 4.08. The molecule has 4 aromatic rings. The van der Waals surface area contributed by atoms with E-state index in [0.717, 1.165) is 45.3 Å². The minimum atomic E-state index is -0.710. The van der Waals surface area contributed by atoms with Gasteiger partial charge in [0.2, 0.25) is 0 Å². The third kappa shape index (κ3) is 4.45. The Bertz CT molecular complexity index is 1630. The highest BCUT2D eigenvalue weighted by Gasteiger charge is 2.44. The number of piperazine rings is 1. The summed E-state index contributed by atoms with van der Waals surface area (Å²) >= 11 is 13.2. The number of ether oxygens (including phenoxy) is 1. The molecule has 2 atom stereocenters. The van der Waals surface area contributed by atoms with Gasteiger partial charge in [-0.05, 0) is 45.8 Å². The molecule has 4 heterocycles. The Morgan fingerprint density at radius 1 is 1.07 bits per heavy atom. The van der Waals surface area contributed by atoms with Gasteiger partial charge in [-0.3, -0.25) is 5.10 Å². The molecule has 2 unspecified atom stereocenters. The van der Waals surface area contributed by atoms with Gasteiger partial charge in [0.05, 0.1) is 28.4 Å². The van der Waals surface area contributed by atoms with Crippen LogP contribution in [0.4, 0.5) is 14.6 Å². The van der Waals surface area contributed by atoms with E-state index in [1.54, 1.807) is 6.07 Å². The van der Waals surface area contributed by atoms with Crippen molar-refractivity contribution in [2.24, 2.45) is 5.41 Å². The second-order valence-corrected chi connectivity index (χ2v) is 12.5. The Morgan fingerprint density at radius 2 is 1.82 bits per heavy atom. The average molecular weight is 588 g/mol. The van der Waals surface area contributed by atoms with Gasteiger partial charge in [-0.1, -0.05) is 23.2 Å². The van der Waals surface area contributed by atoms with Crippen molar-refractivity contribution >= 4 is 50.8 Å². The quantitative estimate of drug-likeness (QED) is 0.299. The number of hydrogen-bond donors (Lipinski definition) is 2. The molecule has 3 aliphatic rings. The van der Waals surface area contributed by atoms with Crippen LogP contribution in [0, 0.1) is 17.0 Å². The van der Waals surface area contributed by atoms with Crippen molar-refractivity contribution in [3.8, 4) is 17.1 Å². The first-order chi connectivity index (χ1) is 19.2. The van der Waals surface area contributed by atoms with Crippen LogP contribution >= 0.6 is 23.2 Å². The molecule has 2 aliphatic heterocycles. The second kappa shape index (κ2) is 9.65. The highest BCUT2D eigenvalue weighted by atomic mass is 35.5. The van der Waals surface area contributed by atoms with Crippen LogP contribution in [-0.2, 0) is 0 Å². The van der Waals surface area contributed by atoms with Crippen molar-refractivity contribution in [3.05, 3.63) is 40.0 Å². The van der Waals surface area contributed by atoms with Crippen molar-refractivity contribution in [1.82, 2.24) is 30.4 Å². The topological polar surface area (TPSA) is 82.2 Å². The van der Waals surface area contributed by atoms with Crippen LogP contribution in [0.3, 0.4) is 0 Å². The first-order valence-electron chi connectivity index (χ1n) is 13.5. The van der Waals surface area contributed by atoms with Crippen molar-refractivity contribution in [1.29, 1.82) is 0 Å². The molecule has 0 spiro atoms. The fourth-order valence-corrected chi connectivity index (χ4v) is 6.89. The fraction of sp³-hybridized carbons (Fsp3) is 0.464. The summed E-state index contributed by atoms with van der Waals surface area (Å²) in [5, 5.41) is 11.1. The maximum atomic E-state index is 16.6. The van der Waals surface area contributed by atoms with E-state index >= 15 is 4.39 Å². The summed E-state index contributed by atoms with van der Waals surface area (Å²) in [5.41, 5.74) is 0.571. The molecule has 2 saturated heterocycles. The minimum Gasteiger partial charge on any atom is -0.463 e. The number of rotatable bonds is 7. The number of aromatic amines is 1. The van der Waals surface area contributed by atoms with Gasteiger partial charge in [-0.25, -0.2) is 8.78 Å². The largest absolute Gasteiger partial charge is 0.463 e. The summed E-state index contributed by atoms with van der Waals surface area (Å²) in [6.45, 7) is 2.80. The number of aromatic nitrogens is 4. The number of hydrogen-bond acceptors (Lipinski definition) is 7. The molecule has 1 aliphatic carbocycles. The van der Waals surface area contributed by atoms with Crippen LogP contribution in [0.25, 0.3) is 32.9 Å². The standard InChI is InChI=1S/C28H29Cl2F2N7O/c1-38(2)12-28(5-6-28)13-40-27-35-25-16(26(36-27)39-10-14-3-4-15(11-39)34-14)7-18(29)22(24(25)32)21-17-9-33-37-20(17)8-19(31)23(21)30/h7-9,14-15,34H,3-6,10-13H2,1-2H3,(H,33,37). The Kier molecular flexibility index (Phi) is 6.30. The highest BCUT2D eigenvalue weighted by Crippen LogP contribution is 2.47. The third-order valence-electron chi connectivity index (χ3n) is 8.36. The predicted molar refractivity (Wildman–Crippen MR) is 152 cm³/mol. The van der Waals surface area contributed by atoms with E-state index in [0.29, 0.717) is 40.8 Å². The third-order valence-corrected chi connectivity index (χ3v) is 9.03. The molecule has 2 aromatic heterocycles.